The molecule has 17 heavy (non-hydrogen) atoms. The van der Waals surface area contributed by atoms with Gasteiger partial charge in [0.1, 0.15) is 0 Å². The zero-order valence-electron chi connectivity index (χ0n) is 9.95. The number of amides is 1. The van der Waals surface area contributed by atoms with Gasteiger partial charge in [0.25, 0.3) is 0 Å². The third-order valence-corrected chi connectivity index (χ3v) is 2.87. The number of hydrogen-bond donors (Lipinski definition) is 3. The van der Waals surface area contributed by atoms with Gasteiger partial charge in [-0.3, -0.25) is 10.1 Å². The minimum absolute atomic E-state index is 0.0368. The summed E-state index contributed by atoms with van der Waals surface area (Å²) in [7, 11) is 1.66. The highest BCUT2D eigenvalue weighted by Crippen LogP contribution is 2.11. The number of imidazole rings is 1. The molecule has 6 nitrogen and oxygen atoms in total. The van der Waals surface area contributed by atoms with Crippen molar-refractivity contribution in [2.45, 2.75) is 25.4 Å². The fraction of sp³-hybridized carbons (Fsp3) is 0.636. The van der Waals surface area contributed by atoms with E-state index < -0.39 is 0 Å². The standard InChI is InChI=1S/C11H18N4O2/c1-17-4-2-3-12-11(16)9-5-8-10(6-13-9)15-7-14-8/h7,9,13H,2-6H2,1H3,(H,12,16)(H,14,15). The summed E-state index contributed by atoms with van der Waals surface area (Å²) in [6.45, 7) is 1.99. The lowest BCUT2D eigenvalue weighted by Crippen LogP contribution is -2.48. The Hall–Kier alpha value is -1.40. The van der Waals surface area contributed by atoms with Crippen molar-refractivity contribution in [3.63, 3.8) is 0 Å². The quantitative estimate of drug-likeness (QED) is 0.609. The molecule has 6 heteroatoms. The number of carbonyl (C=O) groups excluding carboxylic acids is 1. The molecule has 2 heterocycles. The molecule has 0 fully saturated rings. The number of carbonyl (C=O) groups is 1. The normalized spacial score (nSPS) is 18.8. The van der Waals surface area contributed by atoms with Crippen molar-refractivity contribution in [3.05, 3.63) is 17.7 Å². The monoisotopic (exact) mass is 238 g/mol. The van der Waals surface area contributed by atoms with Crippen molar-refractivity contribution in [3.8, 4) is 0 Å². The summed E-state index contributed by atoms with van der Waals surface area (Å²) >= 11 is 0. The van der Waals surface area contributed by atoms with Crippen LogP contribution in [0.3, 0.4) is 0 Å². The number of hydrogen-bond acceptors (Lipinski definition) is 4. The molecule has 0 bridgehead atoms. The van der Waals surface area contributed by atoms with Crippen LogP contribution < -0.4 is 10.6 Å². The van der Waals surface area contributed by atoms with Crippen molar-refractivity contribution in [2.75, 3.05) is 20.3 Å². The van der Waals surface area contributed by atoms with Gasteiger partial charge in [-0.2, -0.15) is 0 Å². The number of methoxy groups -OCH3 is 1. The number of aromatic amines is 1. The summed E-state index contributed by atoms with van der Waals surface area (Å²) in [6.07, 6.45) is 3.16. The molecule has 0 spiro atoms. The Kier molecular flexibility index (Phi) is 4.11. The smallest absolute Gasteiger partial charge is 0.237 e. The summed E-state index contributed by atoms with van der Waals surface area (Å²) in [5, 5.41) is 6.08. The molecule has 1 aromatic heterocycles. The second kappa shape index (κ2) is 5.79. The molecular weight excluding hydrogens is 220 g/mol. The van der Waals surface area contributed by atoms with Gasteiger partial charge in [-0.1, -0.05) is 0 Å². The first kappa shape index (κ1) is 12.1. The minimum Gasteiger partial charge on any atom is -0.385 e. The van der Waals surface area contributed by atoms with Gasteiger partial charge in [-0.05, 0) is 6.42 Å². The fourth-order valence-corrected chi connectivity index (χ4v) is 1.91. The number of H-pyrrole nitrogens is 1. The summed E-state index contributed by atoms with van der Waals surface area (Å²) in [5.41, 5.74) is 2.06. The van der Waals surface area contributed by atoms with Crippen LogP contribution in [0.15, 0.2) is 6.33 Å². The van der Waals surface area contributed by atoms with Crippen LogP contribution in [0.2, 0.25) is 0 Å². The van der Waals surface area contributed by atoms with Gasteiger partial charge in [-0.15, -0.1) is 0 Å². The summed E-state index contributed by atoms with van der Waals surface area (Å²) in [6, 6.07) is -0.173. The van der Waals surface area contributed by atoms with E-state index in [1.165, 1.54) is 0 Å². The van der Waals surface area contributed by atoms with E-state index in [4.69, 9.17) is 4.74 Å². The lowest BCUT2D eigenvalue weighted by Gasteiger charge is -2.22. The van der Waals surface area contributed by atoms with E-state index in [-0.39, 0.29) is 11.9 Å². The maximum atomic E-state index is 11.8. The largest absolute Gasteiger partial charge is 0.385 e. The molecule has 1 amide bonds. The number of fused-ring (bicyclic) bond motifs is 1. The third kappa shape index (κ3) is 3.04. The number of nitrogens with zero attached hydrogens (tertiary/aromatic N) is 1. The lowest BCUT2D eigenvalue weighted by molar-refractivity contribution is -0.123. The predicted molar refractivity (Wildman–Crippen MR) is 62.4 cm³/mol. The van der Waals surface area contributed by atoms with E-state index in [0.717, 1.165) is 17.8 Å². The highest BCUT2D eigenvalue weighted by atomic mass is 16.5. The molecule has 0 saturated heterocycles. The highest BCUT2D eigenvalue weighted by molar-refractivity contribution is 5.82. The second-order valence-corrected chi connectivity index (χ2v) is 4.10. The first-order chi connectivity index (χ1) is 8.31. The summed E-state index contributed by atoms with van der Waals surface area (Å²) < 4.78 is 4.92. The van der Waals surface area contributed by atoms with Crippen molar-refractivity contribution < 1.29 is 9.53 Å². The molecule has 0 radical (unpaired) electrons. The Bertz CT molecular complexity index is 377. The Morgan fingerprint density at radius 3 is 3.41 bits per heavy atom. The van der Waals surface area contributed by atoms with Crippen LogP contribution >= 0.6 is 0 Å². The van der Waals surface area contributed by atoms with Crippen LogP contribution in [0.25, 0.3) is 0 Å². The molecule has 3 N–H and O–H groups in total. The van der Waals surface area contributed by atoms with Gasteiger partial charge in [0.15, 0.2) is 0 Å². The van der Waals surface area contributed by atoms with E-state index >= 15 is 0 Å². The molecule has 94 valence electrons. The second-order valence-electron chi connectivity index (χ2n) is 4.10. The number of aromatic nitrogens is 2. The van der Waals surface area contributed by atoms with Gasteiger partial charge in [0.2, 0.25) is 5.91 Å². The summed E-state index contributed by atoms with van der Waals surface area (Å²) in [5.74, 6) is 0.0368. The van der Waals surface area contributed by atoms with Gasteiger partial charge in [0.05, 0.1) is 23.8 Å². The number of ether oxygens (including phenoxy) is 1. The van der Waals surface area contributed by atoms with E-state index in [1.54, 1.807) is 13.4 Å². The molecule has 1 unspecified atom stereocenters. The number of nitrogens with one attached hydrogen (secondary N) is 3. The van der Waals surface area contributed by atoms with Gasteiger partial charge in [-0.25, -0.2) is 4.98 Å². The minimum atomic E-state index is -0.173. The fourth-order valence-electron chi connectivity index (χ4n) is 1.91. The average Bonchev–Trinajstić information content (AvgIpc) is 2.81. The Balaban J connectivity index is 1.78. The van der Waals surface area contributed by atoms with Crippen molar-refractivity contribution in [2.24, 2.45) is 0 Å². The van der Waals surface area contributed by atoms with Crippen molar-refractivity contribution in [1.82, 2.24) is 20.6 Å². The average molecular weight is 238 g/mol. The highest BCUT2D eigenvalue weighted by Gasteiger charge is 2.25. The molecule has 0 aromatic carbocycles. The Morgan fingerprint density at radius 2 is 2.59 bits per heavy atom. The maximum absolute atomic E-state index is 11.8. The Labute approximate surface area is 100 Å². The molecule has 0 aliphatic carbocycles. The van der Waals surface area contributed by atoms with Crippen LogP contribution in [-0.2, 0) is 22.5 Å². The third-order valence-electron chi connectivity index (χ3n) is 2.87. The molecule has 0 saturated carbocycles. The number of rotatable bonds is 5. The van der Waals surface area contributed by atoms with Crippen LogP contribution in [0.4, 0.5) is 0 Å². The predicted octanol–water partition coefficient (Wildman–Crippen LogP) is -0.423. The van der Waals surface area contributed by atoms with E-state index in [9.17, 15) is 4.79 Å². The van der Waals surface area contributed by atoms with Crippen molar-refractivity contribution in [1.29, 1.82) is 0 Å². The van der Waals surface area contributed by atoms with Crippen LogP contribution in [-0.4, -0.2) is 42.2 Å². The van der Waals surface area contributed by atoms with Crippen LogP contribution in [0.1, 0.15) is 17.8 Å². The molecule has 1 atom stereocenters. The van der Waals surface area contributed by atoms with Gasteiger partial charge >= 0.3 is 0 Å². The van der Waals surface area contributed by atoms with Gasteiger partial charge in [0, 0.05) is 33.2 Å². The van der Waals surface area contributed by atoms with E-state index in [0.29, 0.717) is 26.1 Å². The zero-order chi connectivity index (χ0) is 12.1. The van der Waals surface area contributed by atoms with E-state index in [2.05, 4.69) is 20.6 Å². The molecular formula is C11H18N4O2. The molecule has 1 aromatic rings. The molecule has 1 aliphatic heterocycles. The van der Waals surface area contributed by atoms with Crippen LogP contribution in [0.5, 0.6) is 0 Å². The first-order valence-electron chi connectivity index (χ1n) is 5.82. The lowest BCUT2D eigenvalue weighted by atomic mass is 10.0. The Morgan fingerprint density at radius 1 is 1.71 bits per heavy atom. The van der Waals surface area contributed by atoms with Crippen molar-refractivity contribution >= 4 is 5.91 Å². The first-order valence-corrected chi connectivity index (χ1v) is 5.82. The van der Waals surface area contributed by atoms with Gasteiger partial charge < -0.3 is 15.0 Å². The SMILES string of the molecule is COCCCNC(=O)C1Cc2nc[nH]c2CN1. The zero-order valence-corrected chi connectivity index (χ0v) is 9.95. The maximum Gasteiger partial charge on any atom is 0.237 e. The van der Waals surface area contributed by atoms with E-state index in [1.807, 2.05) is 0 Å². The topological polar surface area (TPSA) is 79.0 Å². The molecule has 1 aliphatic rings. The van der Waals surface area contributed by atoms with Crippen LogP contribution in [0, 0.1) is 0 Å². The molecule has 2 rings (SSSR count). The summed E-state index contributed by atoms with van der Waals surface area (Å²) in [4.78, 5) is 19.1.